The summed E-state index contributed by atoms with van der Waals surface area (Å²) in [7, 11) is -3.67. The largest absolute Gasteiger partial charge is 0.401 e. The second kappa shape index (κ2) is 6.50. The fourth-order valence-electron chi connectivity index (χ4n) is 3.24. The molecule has 1 saturated heterocycles. The Labute approximate surface area is 139 Å². The number of hydrogen-bond acceptors (Lipinski definition) is 3. The Hall–Kier alpha value is -1.38. The van der Waals surface area contributed by atoms with Gasteiger partial charge in [-0.3, -0.25) is 4.90 Å². The summed E-state index contributed by atoms with van der Waals surface area (Å²) < 4.78 is 64.9. The molecule has 0 aromatic heterocycles. The van der Waals surface area contributed by atoms with Crippen LogP contribution in [-0.2, 0) is 16.4 Å². The number of nitrogens with zero attached hydrogens (tertiary/aromatic N) is 1. The number of likely N-dealkylation sites (tertiary alicyclic amines) is 1. The molecular weight excluding hydrogens is 341 g/mol. The van der Waals surface area contributed by atoms with Crippen LogP contribution in [0.1, 0.15) is 24.0 Å². The molecule has 1 fully saturated rings. The molecule has 0 unspecified atom stereocenters. The fraction of sp³-hybridized carbons (Fsp3) is 0.500. The number of sulfonamides is 1. The van der Waals surface area contributed by atoms with Crippen molar-refractivity contribution in [2.75, 3.05) is 19.6 Å². The molecule has 0 bridgehead atoms. The van der Waals surface area contributed by atoms with E-state index in [0.717, 1.165) is 11.1 Å². The van der Waals surface area contributed by atoms with E-state index in [1.807, 2.05) is 24.3 Å². The maximum atomic E-state index is 12.5. The molecule has 0 spiro atoms. The van der Waals surface area contributed by atoms with Gasteiger partial charge in [-0.25, -0.2) is 13.1 Å². The summed E-state index contributed by atoms with van der Waals surface area (Å²) in [6, 6.07) is 7.12. The maximum absolute atomic E-state index is 12.5. The first-order chi connectivity index (χ1) is 11.2. The number of aryl methyl sites for hydroxylation is 1. The molecule has 8 heteroatoms. The predicted molar refractivity (Wildman–Crippen MR) is 85.7 cm³/mol. The molecule has 132 valence electrons. The number of allylic oxidation sites excluding steroid dienone is 1. The third kappa shape index (κ3) is 4.17. The van der Waals surface area contributed by atoms with Gasteiger partial charge >= 0.3 is 6.18 Å². The summed E-state index contributed by atoms with van der Waals surface area (Å²) in [6.07, 6.45) is -1.16. The highest BCUT2D eigenvalue weighted by molar-refractivity contribution is 7.93. The molecule has 1 aliphatic carbocycles. The summed E-state index contributed by atoms with van der Waals surface area (Å²) >= 11 is 0. The highest BCUT2D eigenvalue weighted by Gasteiger charge is 2.36. The minimum absolute atomic E-state index is 0.0859. The van der Waals surface area contributed by atoms with Crippen molar-refractivity contribution in [3.63, 3.8) is 0 Å². The van der Waals surface area contributed by atoms with Crippen molar-refractivity contribution in [3.05, 3.63) is 40.3 Å². The van der Waals surface area contributed by atoms with E-state index in [1.165, 1.54) is 4.90 Å². The van der Waals surface area contributed by atoms with Crippen LogP contribution in [0.25, 0.3) is 6.08 Å². The monoisotopic (exact) mass is 360 g/mol. The van der Waals surface area contributed by atoms with Crippen LogP contribution >= 0.6 is 0 Å². The summed E-state index contributed by atoms with van der Waals surface area (Å²) in [4.78, 5) is 1.54. The SMILES string of the molecule is O=S(=O)(N[C@@H]1CCN(CC(F)(F)F)C1)C1=Cc2ccccc2CC1. The van der Waals surface area contributed by atoms with Gasteiger partial charge in [0.05, 0.1) is 11.4 Å². The molecule has 24 heavy (non-hydrogen) atoms. The maximum Gasteiger partial charge on any atom is 0.401 e. The number of nitrogens with one attached hydrogen (secondary N) is 1. The Morgan fingerprint density at radius 3 is 2.71 bits per heavy atom. The van der Waals surface area contributed by atoms with E-state index < -0.39 is 28.8 Å². The molecular formula is C16H19F3N2O2S. The molecule has 4 nitrogen and oxygen atoms in total. The van der Waals surface area contributed by atoms with Gasteiger partial charge in [-0.1, -0.05) is 24.3 Å². The van der Waals surface area contributed by atoms with Crippen LogP contribution in [0.3, 0.4) is 0 Å². The van der Waals surface area contributed by atoms with E-state index >= 15 is 0 Å². The Morgan fingerprint density at radius 2 is 1.96 bits per heavy atom. The quantitative estimate of drug-likeness (QED) is 0.898. The average molecular weight is 360 g/mol. The van der Waals surface area contributed by atoms with E-state index in [9.17, 15) is 21.6 Å². The van der Waals surface area contributed by atoms with Gasteiger partial charge in [0.1, 0.15) is 0 Å². The van der Waals surface area contributed by atoms with Crippen molar-refractivity contribution in [3.8, 4) is 0 Å². The van der Waals surface area contributed by atoms with Gasteiger partial charge in [0, 0.05) is 19.1 Å². The molecule has 1 aromatic carbocycles. The molecule has 0 radical (unpaired) electrons. The van der Waals surface area contributed by atoms with Gasteiger partial charge in [-0.05, 0) is 36.5 Å². The molecule has 1 aromatic rings. The van der Waals surface area contributed by atoms with Crippen molar-refractivity contribution < 1.29 is 21.6 Å². The van der Waals surface area contributed by atoms with Crippen LogP contribution in [-0.4, -0.2) is 45.2 Å². The van der Waals surface area contributed by atoms with Gasteiger partial charge in [-0.15, -0.1) is 0 Å². The standard InChI is InChI=1S/C16H19F3N2O2S/c17-16(18,19)11-21-8-7-14(10-21)20-24(22,23)15-6-5-12-3-1-2-4-13(12)9-15/h1-4,9,14,20H,5-8,10-11H2/t14-/m1/s1. The first-order valence-corrected chi connectivity index (χ1v) is 9.31. The Kier molecular flexibility index (Phi) is 4.72. The number of rotatable bonds is 4. The zero-order valence-corrected chi connectivity index (χ0v) is 13.8. The molecule has 1 aliphatic heterocycles. The summed E-state index contributed by atoms with van der Waals surface area (Å²) in [5, 5.41) is 0. The van der Waals surface area contributed by atoms with Gasteiger partial charge in [0.15, 0.2) is 0 Å². The highest BCUT2D eigenvalue weighted by atomic mass is 32.2. The van der Waals surface area contributed by atoms with Crippen LogP contribution in [0.4, 0.5) is 13.2 Å². The van der Waals surface area contributed by atoms with Crippen LogP contribution in [0, 0.1) is 0 Å². The van der Waals surface area contributed by atoms with Crippen molar-refractivity contribution in [2.45, 2.75) is 31.5 Å². The zero-order chi connectivity index (χ0) is 17.4. The van der Waals surface area contributed by atoms with E-state index in [2.05, 4.69) is 4.72 Å². The van der Waals surface area contributed by atoms with Crippen LogP contribution in [0.15, 0.2) is 29.2 Å². The zero-order valence-electron chi connectivity index (χ0n) is 13.0. The topological polar surface area (TPSA) is 49.4 Å². The lowest BCUT2D eigenvalue weighted by atomic mass is 9.98. The van der Waals surface area contributed by atoms with Gasteiger partial charge in [0.25, 0.3) is 0 Å². The Bertz CT molecular complexity index is 744. The van der Waals surface area contributed by atoms with E-state index in [1.54, 1.807) is 6.08 Å². The number of alkyl halides is 3. The molecule has 2 aliphatic rings. The van der Waals surface area contributed by atoms with E-state index in [0.29, 0.717) is 24.2 Å². The number of benzene rings is 1. The smallest absolute Gasteiger partial charge is 0.293 e. The third-order valence-electron chi connectivity index (χ3n) is 4.35. The molecule has 1 atom stereocenters. The minimum Gasteiger partial charge on any atom is -0.293 e. The van der Waals surface area contributed by atoms with Crippen LogP contribution in [0.2, 0.25) is 0 Å². The van der Waals surface area contributed by atoms with Crippen molar-refractivity contribution in [1.82, 2.24) is 9.62 Å². The van der Waals surface area contributed by atoms with Crippen molar-refractivity contribution >= 4 is 16.1 Å². The lowest BCUT2D eigenvalue weighted by molar-refractivity contribution is -0.143. The number of halogens is 3. The third-order valence-corrected chi connectivity index (χ3v) is 6.01. The van der Waals surface area contributed by atoms with E-state index in [4.69, 9.17) is 0 Å². The second-order valence-corrected chi connectivity index (χ2v) is 8.03. The first kappa shape index (κ1) is 17.4. The second-order valence-electron chi connectivity index (χ2n) is 6.27. The lowest BCUT2D eigenvalue weighted by Crippen LogP contribution is -2.39. The molecule has 1 N–H and O–H groups in total. The number of fused-ring (bicyclic) bond motifs is 1. The van der Waals surface area contributed by atoms with E-state index in [-0.39, 0.29) is 13.1 Å². The van der Waals surface area contributed by atoms with Gasteiger partial charge in [-0.2, -0.15) is 13.2 Å². The summed E-state index contributed by atoms with van der Waals surface area (Å²) in [5.41, 5.74) is 1.99. The highest BCUT2D eigenvalue weighted by Crippen LogP contribution is 2.27. The summed E-state index contributed by atoms with van der Waals surface area (Å²) in [6.45, 7) is -0.668. The lowest BCUT2D eigenvalue weighted by Gasteiger charge is -2.20. The molecule has 0 amide bonds. The fourth-order valence-corrected chi connectivity index (χ4v) is 4.67. The average Bonchev–Trinajstić information content (AvgIpc) is 2.91. The Balaban J connectivity index is 1.67. The molecule has 3 rings (SSSR count). The molecule has 0 saturated carbocycles. The normalized spacial score (nSPS) is 22.3. The predicted octanol–water partition coefficient (Wildman–Crippen LogP) is 2.53. The first-order valence-electron chi connectivity index (χ1n) is 7.83. The van der Waals surface area contributed by atoms with Gasteiger partial charge < -0.3 is 0 Å². The van der Waals surface area contributed by atoms with Gasteiger partial charge in [0.2, 0.25) is 10.0 Å². The van der Waals surface area contributed by atoms with Crippen LogP contribution in [0.5, 0.6) is 0 Å². The Morgan fingerprint density at radius 1 is 1.21 bits per heavy atom. The summed E-state index contributed by atoms with van der Waals surface area (Å²) in [5.74, 6) is 0. The molecule has 1 heterocycles. The van der Waals surface area contributed by atoms with Crippen LogP contribution < -0.4 is 4.72 Å². The minimum atomic E-state index is -4.26. The van der Waals surface area contributed by atoms with Crippen molar-refractivity contribution in [1.29, 1.82) is 0 Å². The van der Waals surface area contributed by atoms with Crippen molar-refractivity contribution in [2.24, 2.45) is 0 Å². The number of hydrogen-bond donors (Lipinski definition) is 1.